The number of amides is 2. The highest BCUT2D eigenvalue weighted by molar-refractivity contribution is 5.96. The maximum atomic E-state index is 13.5. The summed E-state index contributed by atoms with van der Waals surface area (Å²) < 4.78 is 18.2. The molecule has 0 spiro atoms. The van der Waals surface area contributed by atoms with Crippen LogP contribution in [0.1, 0.15) is 27.8 Å². The van der Waals surface area contributed by atoms with E-state index in [9.17, 15) is 9.59 Å². The zero-order chi connectivity index (χ0) is 24.9. The number of ether oxygens (including phenoxy) is 3. The molecular weight excluding hydrogens is 448 g/mol. The summed E-state index contributed by atoms with van der Waals surface area (Å²) in [6.07, 6.45) is 0. The smallest absolute Gasteiger partial charge is 0.255 e. The largest absolute Gasteiger partial charge is 0.493 e. The molecule has 0 bridgehead atoms. The number of para-hydroxylation sites is 2. The van der Waals surface area contributed by atoms with Gasteiger partial charge in [-0.1, -0.05) is 42.5 Å². The van der Waals surface area contributed by atoms with Crippen LogP contribution in [0.25, 0.3) is 11.0 Å². The van der Waals surface area contributed by atoms with Gasteiger partial charge >= 0.3 is 0 Å². The maximum absolute atomic E-state index is 13.5. The molecule has 0 radical (unpaired) electrons. The van der Waals surface area contributed by atoms with Gasteiger partial charge in [-0.05, 0) is 29.8 Å². The van der Waals surface area contributed by atoms with Crippen LogP contribution in [-0.4, -0.2) is 42.2 Å². The zero-order valence-electron chi connectivity index (χ0n) is 19.6. The highest BCUT2D eigenvalue weighted by Crippen LogP contribution is 2.39. The van der Waals surface area contributed by atoms with Crippen LogP contribution in [0.15, 0.2) is 66.7 Å². The molecule has 4 rings (SSSR count). The van der Waals surface area contributed by atoms with E-state index >= 15 is 0 Å². The highest BCUT2D eigenvalue weighted by atomic mass is 16.5. The van der Waals surface area contributed by atoms with Gasteiger partial charge in [0.05, 0.1) is 25.3 Å². The van der Waals surface area contributed by atoms with Crippen LogP contribution in [0.5, 0.6) is 17.2 Å². The van der Waals surface area contributed by atoms with Gasteiger partial charge in [0, 0.05) is 12.6 Å². The molecule has 0 fully saturated rings. The Kier molecular flexibility index (Phi) is 6.86. The van der Waals surface area contributed by atoms with Gasteiger partial charge in [-0.15, -0.1) is 0 Å². The summed E-state index contributed by atoms with van der Waals surface area (Å²) in [5.41, 5.74) is 8.13. The molecule has 1 heterocycles. The average molecular weight is 475 g/mol. The molecule has 1 atom stereocenters. The first-order valence-electron chi connectivity index (χ1n) is 10.9. The van der Waals surface area contributed by atoms with Crippen LogP contribution in [0, 0.1) is 0 Å². The van der Waals surface area contributed by atoms with Crippen LogP contribution < -0.4 is 25.3 Å². The molecule has 0 aliphatic carbocycles. The van der Waals surface area contributed by atoms with Crippen LogP contribution >= 0.6 is 0 Å². The van der Waals surface area contributed by atoms with Gasteiger partial charge in [-0.25, -0.2) is 4.98 Å². The fourth-order valence-electron chi connectivity index (χ4n) is 3.88. The van der Waals surface area contributed by atoms with Crippen molar-refractivity contribution in [2.24, 2.45) is 12.8 Å². The van der Waals surface area contributed by atoms with Gasteiger partial charge < -0.3 is 29.8 Å². The Balaban J connectivity index is 1.73. The number of nitrogens with zero attached hydrogens (tertiary/aromatic N) is 2. The molecule has 0 saturated carbocycles. The molecule has 3 N–H and O–H groups in total. The standard InChI is InChI=1S/C26H26N4O5/c1-30-19-12-8-7-11-18(19)28-25(30)23(16-9-5-4-6-10-16)29-26(32)17-13-20(33-2)24(21(14-17)34-3)35-15-22(27)31/h4-14,23H,15H2,1-3H3,(H2,27,31)(H,29,32). The number of benzene rings is 3. The third-order valence-corrected chi connectivity index (χ3v) is 5.57. The van der Waals surface area contributed by atoms with Crippen LogP contribution in [0.2, 0.25) is 0 Å². The number of primary amides is 1. The molecule has 4 aromatic rings. The third kappa shape index (κ3) is 4.89. The first-order valence-corrected chi connectivity index (χ1v) is 10.9. The zero-order valence-corrected chi connectivity index (χ0v) is 19.6. The maximum Gasteiger partial charge on any atom is 0.255 e. The number of hydrogen-bond acceptors (Lipinski definition) is 6. The molecule has 0 aliphatic heterocycles. The molecule has 0 aliphatic rings. The topological polar surface area (TPSA) is 118 Å². The number of hydrogen-bond donors (Lipinski definition) is 2. The Morgan fingerprint density at radius 3 is 2.23 bits per heavy atom. The summed E-state index contributed by atoms with van der Waals surface area (Å²) in [5, 5.41) is 3.09. The molecular formula is C26H26N4O5. The van der Waals surface area contributed by atoms with Gasteiger partial charge in [0.25, 0.3) is 11.8 Å². The van der Waals surface area contributed by atoms with Crippen molar-refractivity contribution in [1.82, 2.24) is 14.9 Å². The second-order valence-electron chi connectivity index (χ2n) is 7.80. The van der Waals surface area contributed by atoms with E-state index < -0.39 is 11.9 Å². The summed E-state index contributed by atoms with van der Waals surface area (Å²) >= 11 is 0. The number of carbonyl (C=O) groups excluding carboxylic acids is 2. The fourth-order valence-corrected chi connectivity index (χ4v) is 3.88. The molecule has 3 aromatic carbocycles. The summed E-state index contributed by atoms with van der Waals surface area (Å²) in [6.45, 7) is -0.360. The second kappa shape index (κ2) is 10.2. The normalized spacial score (nSPS) is 11.6. The number of carbonyl (C=O) groups is 2. The van der Waals surface area contributed by atoms with E-state index in [1.54, 1.807) is 0 Å². The number of aromatic nitrogens is 2. The van der Waals surface area contributed by atoms with Gasteiger partial charge in [0.15, 0.2) is 18.1 Å². The minimum absolute atomic E-state index is 0.181. The van der Waals surface area contributed by atoms with E-state index in [1.807, 2.05) is 66.2 Å². The number of aryl methyl sites for hydroxylation is 1. The molecule has 35 heavy (non-hydrogen) atoms. The second-order valence-corrected chi connectivity index (χ2v) is 7.80. The van der Waals surface area contributed by atoms with Crippen LogP contribution in [0.3, 0.4) is 0 Å². The molecule has 0 saturated heterocycles. The quantitative estimate of drug-likeness (QED) is 0.385. The van der Waals surface area contributed by atoms with Crippen LogP contribution in [-0.2, 0) is 11.8 Å². The average Bonchev–Trinajstić information content (AvgIpc) is 3.21. The van der Waals surface area contributed by atoms with Crippen molar-refractivity contribution in [3.63, 3.8) is 0 Å². The van der Waals surface area contributed by atoms with Gasteiger partial charge in [-0.2, -0.15) is 0 Å². The third-order valence-electron chi connectivity index (χ3n) is 5.57. The first-order chi connectivity index (χ1) is 16.9. The number of fused-ring (bicyclic) bond motifs is 1. The van der Waals surface area contributed by atoms with Crippen LogP contribution in [0.4, 0.5) is 0 Å². The van der Waals surface area contributed by atoms with E-state index in [2.05, 4.69) is 5.32 Å². The summed E-state index contributed by atoms with van der Waals surface area (Å²) in [7, 11) is 4.78. The molecule has 2 amide bonds. The first kappa shape index (κ1) is 23.6. The molecule has 9 heteroatoms. The number of methoxy groups -OCH3 is 2. The predicted octanol–water partition coefficient (Wildman–Crippen LogP) is 2.97. The molecule has 180 valence electrons. The van der Waals surface area contributed by atoms with Crippen molar-refractivity contribution in [2.45, 2.75) is 6.04 Å². The van der Waals surface area contributed by atoms with E-state index in [0.717, 1.165) is 16.6 Å². The molecule has 9 nitrogen and oxygen atoms in total. The lowest BCUT2D eigenvalue weighted by Gasteiger charge is -2.20. The van der Waals surface area contributed by atoms with Gasteiger partial charge in [0.2, 0.25) is 5.75 Å². The van der Waals surface area contributed by atoms with Crippen molar-refractivity contribution in [2.75, 3.05) is 20.8 Å². The summed E-state index contributed by atoms with van der Waals surface area (Å²) in [4.78, 5) is 29.4. The molecule has 1 unspecified atom stereocenters. The van der Waals surface area contributed by atoms with Crippen molar-refractivity contribution < 1.29 is 23.8 Å². The Bertz CT molecular complexity index is 1340. The minimum Gasteiger partial charge on any atom is -0.493 e. The summed E-state index contributed by atoms with van der Waals surface area (Å²) in [5.74, 6) is 0.309. The lowest BCUT2D eigenvalue weighted by Crippen LogP contribution is -2.31. The number of imidazole rings is 1. The van der Waals surface area contributed by atoms with Gasteiger partial charge in [0.1, 0.15) is 11.9 Å². The molecule has 1 aromatic heterocycles. The van der Waals surface area contributed by atoms with E-state index in [1.165, 1.54) is 26.4 Å². The Morgan fingerprint density at radius 2 is 1.63 bits per heavy atom. The minimum atomic E-state index is -0.649. The van der Waals surface area contributed by atoms with Crippen molar-refractivity contribution in [3.8, 4) is 17.2 Å². The van der Waals surface area contributed by atoms with E-state index in [0.29, 0.717) is 5.82 Å². The van der Waals surface area contributed by atoms with E-state index in [4.69, 9.17) is 24.9 Å². The Labute approximate surface area is 202 Å². The Morgan fingerprint density at radius 1 is 1.00 bits per heavy atom. The van der Waals surface area contributed by atoms with Gasteiger partial charge in [-0.3, -0.25) is 9.59 Å². The fraction of sp³-hybridized carbons (Fsp3) is 0.192. The SMILES string of the molecule is COc1cc(C(=O)NC(c2ccccc2)c2nc3ccccc3n2C)cc(OC)c1OCC(N)=O. The van der Waals surface area contributed by atoms with Crippen molar-refractivity contribution in [1.29, 1.82) is 0 Å². The monoisotopic (exact) mass is 474 g/mol. The Hall–Kier alpha value is -4.53. The highest BCUT2D eigenvalue weighted by Gasteiger charge is 2.25. The predicted molar refractivity (Wildman–Crippen MR) is 131 cm³/mol. The van der Waals surface area contributed by atoms with Crippen molar-refractivity contribution in [3.05, 3.63) is 83.7 Å². The van der Waals surface area contributed by atoms with Crippen molar-refractivity contribution >= 4 is 22.8 Å². The lowest BCUT2D eigenvalue weighted by molar-refractivity contribution is -0.120. The number of nitrogens with one attached hydrogen (secondary N) is 1. The lowest BCUT2D eigenvalue weighted by atomic mass is 10.0. The number of nitrogens with two attached hydrogens (primary N) is 1. The number of rotatable bonds is 9. The van der Waals surface area contributed by atoms with E-state index in [-0.39, 0.29) is 35.3 Å². The summed E-state index contributed by atoms with van der Waals surface area (Å²) in [6, 6.07) is 19.9.